The van der Waals surface area contributed by atoms with E-state index in [9.17, 15) is 4.79 Å². The number of benzene rings is 1. The average Bonchev–Trinajstić information content (AvgIpc) is 2.18. The number of alkyl halides is 1. The van der Waals surface area contributed by atoms with Gasteiger partial charge >= 0.3 is 0 Å². The predicted molar refractivity (Wildman–Crippen MR) is 56.7 cm³/mol. The summed E-state index contributed by atoms with van der Waals surface area (Å²) in [6.07, 6.45) is 0. The first kappa shape index (κ1) is 10.3. The predicted octanol–water partition coefficient (Wildman–Crippen LogP) is 2.80. The average molecular weight is 256 g/mol. The van der Waals surface area contributed by atoms with Crippen LogP contribution in [-0.4, -0.2) is 9.94 Å². The van der Waals surface area contributed by atoms with E-state index in [4.69, 9.17) is 5.26 Å². The maximum Gasteiger partial charge on any atom is 0.187 e. The minimum Gasteiger partial charge on any atom is -0.292 e. The molecule has 0 amide bonds. The topological polar surface area (TPSA) is 40.9 Å². The van der Waals surface area contributed by atoms with Gasteiger partial charge < -0.3 is 0 Å². The number of nitrogens with zero attached hydrogens (tertiary/aromatic N) is 1. The molecule has 0 radical (unpaired) electrons. The molecule has 2 nitrogen and oxygen atoms in total. The number of carbonyl (C=O) groups is 1. The molecular formula is C9H6BrNOS. The standard InChI is InChI=1S/C9H6BrNOS/c10-9(13-6-11)8(12)7-4-2-1-3-5-7/h1-5,9H. The van der Waals surface area contributed by atoms with Gasteiger partial charge in [0.25, 0.3) is 0 Å². The highest BCUT2D eigenvalue weighted by Crippen LogP contribution is 2.20. The molecule has 0 saturated heterocycles. The monoisotopic (exact) mass is 255 g/mol. The second-order valence-electron chi connectivity index (χ2n) is 2.26. The quantitative estimate of drug-likeness (QED) is 0.474. The first-order valence-corrected chi connectivity index (χ1v) is 5.33. The van der Waals surface area contributed by atoms with Gasteiger partial charge in [0.2, 0.25) is 0 Å². The number of carbonyl (C=O) groups excluding carboxylic acids is 1. The van der Waals surface area contributed by atoms with E-state index in [2.05, 4.69) is 15.9 Å². The molecule has 0 saturated carbocycles. The Labute approximate surface area is 89.1 Å². The Morgan fingerprint density at radius 1 is 1.46 bits per heavy atom. The molecule has 0 aliphatic rings. The summed E-state index contributed by atoms with van der Waals surface area (Å²) in [6.45, 7) is 0. The van der Waals surface area contributed by atoms with E-state index < -0.39 is 4.16 Å². The second kappa shape index (κ2) is 5.05. The number of Topliss-reactive ketones (excluding diaryl/α,β-unsaturated/α-hetero) is 1. The van der Waals surface area contributed by atoms with E-state index in [1.54, 1.807) is 24.3 Å². The fourth-order valence-electron chi connectivity index (χ4n) is 0.833. The smallest absolute Gasteiger partial charge is 0.187 e. The van der Waals surface area contributed by atoms with Gasteiger partial charge in [-0.2, -0.15) is 5.26 Å². The Bertz CT molecular complexity index is 333. The first-order valence-electron chi connectivity index (χ1n) is 3.54. The largest absolute Gasteiger partial charge is 0.292 e. The fourth-order valence-corrected chi connectivity index (χ4v) is 1.68. The van der Waals surface area contributed by atoms with Crippen molar-refractivity contribution in [1.29, 1.82) is 5.26 Å². The second-order valence-corrected chi connectivity index (χ2v) is 4.67. The number of hydrogen-bond donors (Lipinski definition) is 0. The molecule has 4 heteroatoms. The summed E-state index contributed by atoms with van der Waals surface area (Å²) >= 11 is 4.04. The van der Waals surface area contributed by atoms with Crippen molar-refractivity contribution in [3.8, 4) is 5.40 Å². The van der Waals surface area contributed by atoms with Crippen molar-refractivity contribution in [2.24, 2.45) is 0 Å². The van der Waals surface area contributed by atoms with Crippen LogP contribution in [0.15, 0.2) is 30.3 Å². The van der Waals surface area contributed by atoms with Crippen molar-refractivity contribution in [3.05, 3.63) is 35.9 Å². The van der Waals surface area contributed by atoms with Gasteiger partial charge in [0.05, 0.1) is 0 Å². The molecule has 0 heterocycles. The van der Waals surface area contributed by atoms with Crippen LogP contribution in [0.1, 0.15) is 10.4 Å². The van der Waals surface area contributed by atoms with Gasteiger partial charge in [-0.15, -0.1) is 0 Å². The van der Waals surface area contributed by atoms with Crippen molar-refractivity contribution < 1.29 is 4.79 Å². The van der Waals surface area contributed by atoms with E-state index >= 15 is 0 Å². The maximum absolute atomic E-state index is 11.5. The van der Waals surface area contributed by atoms with Gasteiger partial charge in [-0.05, 0) is 11.8 Å². The Morgan fingerprint density at radius 3 is 2.62 bits per heavy atom. The van der Waals surface area contributed by atoms with Crippen molar-refractivity contribution in [2.75, 3.05) is 0 Å². The van der Waals surface area contributed by atoms with Crippen molar-refractivity contribution in [1.82, 2.24) is 0 Å². The summed E-state index contributed by atoms with van der Waals surface area (Å²) in [4.78, 5) is 11.5. The lowest BCUT2D eigenvalue weighted by Crippen LogP contribution is -2.09. The molecule has 13 heavy (non-hydrogen) atoms. The highest BCUT2D eigenvalue weighted by Gasteiger charge is 2.16. The van der Waals surface area contributed by atoms with E-state index in [0.717, 1.165) is 11.8 Å². The summed E-state index contributed by atoms with van der Waals surface area (Å²) in [5.74, 6) is -0.0767. The molecule has 1 rings (SSSR count). The maximum atomic E-state index is 11.5. The Hall–Kier alpha value is -0.790. The van der Waals surface area contributed by atoms with Crippen LogP contribution < -0.4 is 0 Å². The van der Waals surface area contributed by atoms with Crippen molar-refractivity contribution in [2.45, 2.75) is 4.16 Å². The van der Waals surface area contributed by atoms with Crippen LogP contribution in [-0.2, 0) is 0 Å². The van der Waals surface area contributed by atoms with Crippen LogP contribution in [0.4, 0.5) is 0 Å². The summed E-state index contributed by atoms with van der Waals surface area (Å²) in [5, 5.41) is 10.2. The number of halogens is 1. The van der Waals surface area contributed by atoms with Gasteiger partial charge in [0, 0.05) is 5.56 Å². The Morgan fingerprint density at radius 2 is 2.08 bits per heavy atom. The number of hydrogen-bond acceptors (Lipinski definition) is 3. The zero-order valence-corrected chi connectivity index (χ0v) is 9.01. The normalized spacial score (nSPS) is 11.7. The number of rotatable bonds is 3. The van der Waals surface area contributed by atoms with Crippen LogP contribution >= 0.6 is 27.7 Å². The van der Waals surface area contributed by atoms with Crippen LogP contribution in [0.5, 0.6) is 0 Å². The van der Waals surface area contributed by atoms with E-state index in [-0.39, 0.29) is 5.78 Å². The van der Waals surface area contributed by atoms with E-state index in [1.165, 1.54) is 0 Å². The number of nitriles is 1. The van der Waals surface area contributed by atoms with Gasteiger partial charge in [0.15, 0.2) is 5.78 Å². The van der Waals surface area contributed by atoms with Gasteiger partial charge in [0.1, 0.15) is 9.56 Å². The molecule has 0 aliphatic carbocycles. The third kappa shape index (κ3) is 2.87. The Balaban J connectivity index is 2.75. The highest BCUT2D eigenvalue weighted by molar-refractivity contribution is 9.11. The molecule has 1 unspecified atom stereocenters. The summed E-state index contributed by atoms with van der Waals surface area (Å²) in [7, 11) is 0. The van der Waals surface area contributed by atoms with Gasteiger partial charge in [-0.3, -0.25) is 4.79 Å². The Kier molecular flexibility index (Phi) is 4.00. The third-order valence-corrected chi connectivity index (χ3v) is 2.92. The third-order valence-electron chi connectivity index (χ3n) is 1.42. The summed E-state index contributed by atoms with van der Waals surface area (Å²) in [5.41, 5.74) is 0.618. The first-order chi connectivity index (χ1) is 6.25. The molecule has 1 aromatic carbocycles. The lowest BCUT2D eigenvalue weighted by molar-refractivity contribution is 0.101. The molecule has 0 spiro atoms. The minimum atomic E-state index is -0.472. The lowest BCUT2D eigenvalue weighted by atomic mass is 10.2. The SMILES string of the molecule is N#CSC(Br)C(=O)c1ccccc1. The van der Waals surface area contributed by atoms with Crippen LogP contribution in [0, 0.1) is 10.7 Å². The molecule has 1 aromatic rings. The molecule has 66 valence electrons. The highest BCUT2D eigenvalue weighted by atomic mass is 79.9. The minimum absolute atomic E-state index is 0.0767. The fraction of sp³-hybridized carbons (Fsp3) is 0.111. The number of ketones is 1. The molecule has 0 bridgehead atoms. The molecular weight excluding hydrogens is 250 g/mol. The van der Waals surface area contributed by atoms with Crippen LogP contribution in [0.3, 0.4) is 0 Å². The lowest BCUT2D eigenvalue weighted by Gasteiger charge is -2.02. The van der Waals surface area contributed by atoms with Crippen molar-refractivity contribution in [3.63, 3.8) is 0 Å². The van der Waals surface area contributed by atoms with E-state index in [0.29, 0.717) is 5.56 Å². The van der Waals surface area contributed by atoms with Gasteiger partial charge in [-0.1, -0.05) is 46.3 Å². The molecule has 1 atom stereocenters. The molecule has 0 aliphatic heterocycles. The van der Waals surface area contributed by atoms with Crippen LogP contribution in [0.25, 0.3) is 0 Å². The summed E-state index contributed by atoms with van der Waals surface area (Å²) in [6, 6.07) is 8.90. The summed E-state index contributed by atoms with van der Waals surface area (Å²) < 4.78 is -0.472. The van der Waals surface area contributed by atoms with E-state index in [1.807, 2.05) is 11.5 Å². The zero-order chi connectivity index (χ0) is 9.68. The number of thiocyanates is 1. The molecule has 0 fully saturated rings. The molecule has 0 aromatic heterocycles. The van der Waals surface area contributed by atoms with Crippen LogP contribution in [0.2, 0.25) is 0 Å². The molecule has 0 N–H and O–H groups in total. The van der Waals surface area contributed by atoms with Gasteiger partial charge in [-0.25, -0.2) is 0 Å². The zero-order valence-electron chi connectivity index (χ0n) is 6.61. The number of thioether (sulfide) groups is 1. The van der Waals surface area contributed by atoms with Crippen molar-refractivity contribution >= 4 is 33.5 Å².